The van der Waals surface area contributed by atoms with Crippen LogP contribution in [0.25, 0.3) is 22.3 Å². The SMILES string of the molecule is CC1CCN(C(C)C(=O)N(C)c2ccc3cc(-c4n[nH]c5c4CCC(C)(C)C5)[nH]c3c2)CC1. The number of nitrogens with one attached hydrogen (secondary N) is 2. The van der Waals surface area contributed by atoms with Gasteiger partial charge in [0, 0.05) is 34.9 Å². The van der Waals surface area contributed by atoms with Gasteiger partial charge in [-0.25, -0.2) is 0 Å². The molecule has 0 saturated carbocycles. The van der Waals surface area contributed by atoms with Crippen molar-refractivity contribution in [2.75, 3.05) is 25.0 Å². The smallest absolute Gasteiger partial charge is 0.243 e. The second-order valence-corrected chi connectivity index (χ2v) is 11.1. The lowest BCUT2D eigenvalue weighted by Crippen LogP contribution is -2.48. The number of nitrogens with zero attached hydrogens (tertiary/aromatic N) is 3. The van der Waals surface area contributed by atoms with Gasteiger partial charge in [0.15, 0.2) is 0 Å². The second kappa shape index (κ2) is 8.32. The summed E-state index contributed by atoms with van der Waals surface area (Å²) in [5.41, 5.74) is 6.98. The molecule has 2 N–H and O–H groups in total. The lowest BCUT2D eigenvalue weighted by Gasteiger charge is -2.35. The molecule has 0 radical (unpaired) electrons. The molecule has 1 aliphatic carbocycles. The van der Waals surface area contributed by atoms with E-state index in [1.807, 2.05) is 20.0 Å². The Kier molecular flexibility index (Phi) is 5.60. The Morgan fingerprint density at radius 1 is 1.24 bits per heavy atom. The summed E-state index contributed by atoms with van der Waals surface area (Å²) in [5, 5.41) is 9.10. The molecule has 2 aromatic heterocycles. The summed E-state index contributed by atoms with van der Waals surface area (Å²) in [4.78, 5) is 20.9. The number of carbonyl (C=O) groups is 1. The summed E-state index contributed by atoms with van der Waals surface area (Å²) >= 11 is 0. The highest BCUT2D eigenvalue weighted by atomic mass is 16.2. The van der Waals surface area contributed by atoms with E-state index in [4.69, 9.17) is 0 Å². The first kappa shape index (κ1) is 22.2. The van der Waals surface area contributed by atoms with Gasteiger partial charge in [-0.1, -0.05) is 26.8 Å². The third kappa shape index (κ3) is 4.21. The fourth-order valence-electron chi connectivity index (χ4n) is 5.50. The van der Waals surface area contributed by atoms with Crippen molar-refractivity contribution in [1.82, 2.24) is 20.1 Å². The molecule has 1 aliphatic heterocycles. The van der Waals surface area contributed by atoms with E-state index in [1.54, 1.807) is 4.90 Å². The van der Waals surface area contributed by atoms with Crippen molar-refractivity contribution < 1.29 is 4.79 Å². The molecule has 1 fully saturated rings. The van der Waals surface area contributed by atoms with Crippen molar-refractivity contribution in [3.05, 3.63) is 35.5 Å². The first-order valence-corrected chi connectivity index (χ1v) is 12.4. The zero-order chi connectivity index (χ0) is 23.3. The molecule has 6 nitrogen and oxygen atoms in total. The van der Waals surface area contributed by atoms with Crippen molar-refractivity contribution in [3.63, 3.8) is 0 Å². The number of piperidine rings is 1. The molecule has 6 heteroatoms. The molecule has 1 saturated heterocycles. The Bertz CT molecular complexity index is 1160. The fourth-order valence-corrected chi connectivity index (χ4v) is 5.50. The number of H-pyrrole nitrogens is 2. The third-order valence-electron chi connectivity index (χ3n) is 7.96. The van der Waals surface area contributed by atoms with E-state index in [-0.39, 0.29) is 11.9 Å². The van der Waals surface area contributed by atoms with E-state index < -0.39 is 0 Å². The molecular weight excluding hydrogens is 410 g/mol. The number of hydrogen-bond donors (Lipinski definition) is 2. The summed E-state index contributed by atoms with van der Waals surface area (Å²) < 4.78 is 0. The van der Waals surface area contributed by atoms with E-state index in [9.17, 15) is 4.79 Å². The summed E-state index contributed by atoms with van der Waals surface area (Å²) in [7, 11) is 1.89. The Hall–Kier alpha value is -2.60. The van der Waals surface area contributed by atoms with Crippen molar-refractivity contribution in [2.24, 2.45) is 11.3 Å². The highest BCUT2D eigenvalue weighted by molar-refractivity contribution is 5.98. The van der Waals surface area contributed by atoms with Crippen molar-refractivity contribution in [2.45, 2.75) is 65.8 Å². The summed E-state index contributed by atoms with van der Waals surface area (Å²) in [6.07, 6.45) is 5.62. The van der Waals surface area contributed by atoms with Crippen LogP contribution >= 0.6 is 0 Å². The van der Waals surface area contributed by atoms with Gasteiger partial charge in [-0.05, 0) is 81.6 Å². The highest BCUT2D eigenvalue weighted by Gasteiger charge is 2.30. The number of anilines is 1. The molecule has 0 bridgehead atoms. The van der Waals surface area contributed by atoms with E-state index in [1.165, 1.54) is 30.5 Å². The maximum absolute atomic E-state index is 13.2. The molecule has 1 unspecified atom stereocenters. The molecule has 176 valence electrons. The highest BCUT2D eigenvalue weighted by Crippen LogP contribution is 2.38. The molecule has 1 atom stereocenters. The Balaban J connectivity index is 1.37. The van der Waals surface area contributed by atoms with Gasteiger partial charge in [0.2, 0.25) is 5.91 Å². The summed E-state index contributed by atoms with van der Waals surface area (Å²) in [6.45, 7) is 11.0. The van der Waals surface area contributed by atoms with Crippen molar-refractivity contribution in [1.29, 1.82) is 0 Å². The average Bonchev–Trinajstić information content (AvgIpc) is 3.40. The predicted octanol–water partition coefficient (Wildman–Crippen LogP) is 5.16. The van der Waals surface area contributed by atoms with Crippen LogP contribution in [0, 0.1) is 11.3 Å². The van der Waals surface area contributed by atoms with E-state index in [0.717, 1.165) is 59.8 Å². The molecule has 3 aromatic rings. The van der Waals surface area contributed by atoms with Crippen LogP contribution in [0.4, 0.5) is 5.69 Å². The lowest BCUT2D eigenvalue weighted by molar-refractivity contribution is -0.123. The van der Waals surface area contributed by atoms with Gasteiger partial charge < -0.3 is 9.88 Å². The normalized spacial score (nSPS) is 20.0. The monoisotopic (exact) mass is 447 g/mol. The van der Waals surface area contributed by atoms with Crippen LogP contribution in [0.5, 0.6) is 0 Å². The maximum Gasteiger partial charge on any atom is 0.243 e. The summed E-state index contributed by atoms with van der Waals surface area (Å²) in [6, 6.07) is 8.31. The van der Waals surface area contributed by atoms with Crippen molar-refractivity contribution in [3.8, 4) is 11.4 Å². The average molecular weight is 448 g/mol. The van der Waals surface area contributed by atoms with Gasteiger partial charge in [0.05, 0.1) is 11.7 Å². The van der Waals surface area contributed by atoms with Crippen LogP contribution in [0.3, 0.4) is 0 Å². The molecule has 1 aromatic carbocycles. The van der Waals surface area contributed by atoms with Crippen LogP contribution in [0.1, 0.15) is 58.2 Å². The third-order valence-corrected chi connectivity index (χ3v) is 7.96. The number of likely N-dealkylation sites (tertiary alicyclic amines) is 1. The van der Waals surface area contributed by atoms with Crippen LogP contribution in [0.2, 0.25) is 0 Å². The second-order valence-electron chi connectivity index (χ2n) is 11.1. The minimum atomic E-state index is -0.0998. The van der Waals surface area contributed by atoms with Gasteiger partial charge in [-0.15, -0.1) is 0 Å². The Morgan fingerprint density at radius 2 is 2.00 bits per heavy atom. The standard InChI is InChI=1S/C27H37N5O/c1-17-9-12-32(13-10-17)18(2)26(33)31(5)20-7-6-19-14-23(28-22(19)15-20)25-21-8-11-27(3,4)16-24(21)29-30-25/h6-7,14-15,17-18,28H,8-13,16H2,1-5H3,(H,29,30). The maximum atomic E-state index is 13.2. The molecule has 5 rings (SSSR count). The lowest BCUT2D eigenvalue weighted by atomic mass is 9.76. The number of likely N-dealkylation sites (N-methyl/N-ethyl adjacent to an activating group) is 1. The molecule has 3 heterocycles. The van der Waals surface area contributed by atoms with Crippen LogP contribution in [-0.4, -0.2) is 52.2 Å². The van der Waals surface area contributed by atoms with E-state index in [2.05, 4.69) is 59.1 Å². The van der Waals surface area contributed by atoms with E-state index >= 15 is 0 Å². The molecule has 0 spiro atoms. The molecule has 2 aliphatic rings. The topological polar surface area (TPSA) is 68.0 Å². The van der Waals surface area contributed by atoms with Crippen molar-refractivity contribution >= 4 is 22.5 Å². The first-order chi connectivity index (χ1) is 15.7. The number of aromatic nitrogens is 3. The number of carbonyl (C=O) groups excluding carboxylic acids is 1. The minimum absolute atomic E-state index is 0.0998. The Labute approximate surface area is 196 Å². The zero-order valence-electron chi connectivity index (χ0n) is 20.7. The molecule has 1 amide bonds. The minimum Gasteiger partial charge on any atom is -0.353 e. The van der Waals surface area contributed by atoms with Gasteiger partial charge in [-0.3, -0.25) is 14.8 Å². The van der Waals surface area contributed by atoms with Crippen LogP contribution < -0.4 is 4.90 Å². The number of amides is 1. The molecular formula is C27H37N5O. The van der Waals surface area contributed by atoms with E-state index in [0.29, 0.717) is 5.41 Å². The van der Waals surface area contributed by atoms with Crippen LogP contribution in [0.15, 0.2) is 24.3 Å². The summed E-state index contributed by atoms with van der Waals surface area (Å²) in [5.74, 6) is 0.914. The predicted molar refractivity (Wildman–Crippen MR) is 135 cm³/mol. The number of aromatic amines is 2. The zero-order valence-corrected chi connectivity index (χ0v) is 20.7. The number of fused-ring (bicyclic) bond motifs is 2. The quantitative estimate of drug-likeness (QED) is 0.581. The van der Waals surface area contributed by atoms with Crippen LogP contribution in [-0.2, 0) is 17.6 Å². The first-order valence-electron chi connectivity index (χ1n) is 12.4. The largest absolute Gasteiger partial charge is 0.353 e. The van der Waals surface area contributed by atoms with Gasteiger partial charge in [0.25, 0.3) is 0 Å². The number of hydrogen-bond acceptors (Lipinski definition) is 3. The fraction of sp³-hybridized carbons (Fsp3) is 0.556. The van der Waals surface area contributed by atoms with Gasteiger partial charge in [-0.2, -0.15) is 5.10 Å². The van der Waals surface area contributed by atoms with Gasteiger partial charge >= 0.3 is 0 Å². The Morgan fingerprint density at radius 3 is 2.76 bits per heavy atom. The number of benzene rings is 1. The molecule has 33 heavy (non-hydrogen) atoms. The van der Waals surface area contributed by atoms with Gasteiger partial charge in [0.1, 0.15) is 5.69 Å². The number of rotatable bonds is 4.